The Kier molecular flexibility index (Phi) is 3.38. The summed E-state index contributed by atoms with van der Waals surface area (Å²) in [4.78, 5) is 21.4. The first-order valence-corrected chi connectivity index (χ1v) is 7.70. The summed E-state index contributed by atoms with van der Waals surface area (Å²) in [5.74, 6) is 0.0601. The molecule has 0 aliphatic rings. The van der Waals surface area contributed by atoms with Gasteiger partial charge in [-0.3, -0.25) is 4.79 Å². The summed E-state index contributed by atoms with van der Waals surface area (Å²) in [6, 6.07) is 7.71. The number of fused-ring (bicyclic) bond motifs is 1. The van der Waals surface area contributed by atoms with E-state index in [4.69, 9.17) is 11.5 Å². The van der Waals surface area contributed by atoms with Crippen molar-refractivity contribution in [2.24, 2.45) is 5.73 Å². The maximum atomic E-state index is 11.4. The minimum atomic E-state index is -0.542. The average molecular weight is 363 g/mol. The molecule has 0 bridgehead atoms. The predicted molar refractivity (Wildman–Crippen MR) is 88.2 cm³/mol. The number of nitrogens with two attached hydrogens (primary N) is 2. The number of primary amides is 1. The Hall–Kier alpha value is -1.99. The zero-order chi connectivity index (χ0) is 15.1. The molecule has 0 aliphatic heterocycles. The van der Waals surface area contributed by atoms with E-state index < -0.39 is 5.91 Å². The monoisotopic (exact) mass is 362 g/mol. The van der Waals surface area contributed by atoms with Gasteiger partial charge in [-0.2, -0.15) is 0 Å². The van der Waals surface area contributed by atoms with Gasteiger partial charge in [-0.15, -0.1) is 11.3 Å². The minimum absolute atomic E-state index is 0.329. The van der Waals surface area contributed by atoms with Gasteiger partial charge in [-0.1, -0.05) is 28.1 Å². The van der Waals surface area contributed by atoms with Gasteiger partial charge in [-0.25, -0.2) is 9.97 Å². The molecule has 0 saturated carbocycles. The summed E-state index contributed by atoms with van der Waals surface area (Å²) in [5.41, 5.74) is 13.3. The van der Waals surface area contributed by atoms with E-state index in [1.807, 2.05) is 31.2 Å². The highest BCUT2D eigenvalue weighted by Gasteiger charge is 2.18. The maximum Gasteiger partial charge on any atom is 0.260 e. The number of hydrogen-bond acceptors (Lipinski definition) is 5. The number of amides is 1. The van der Waals surface area contributed by atoms with Crippen molar-refractivity contribution in [3.8, 4) is 11.4 Å². The van der Waals surface area contributed by atoms with Crippen molar-refractivity contribution in [3.63, 3.8) is 0 Å². The molecule has 7 heteroatoms. The van der Waals surface area contributed by atoms with Crippen molar-refractivity contribution in [1.82, 2.24) is 9.97 Å². The molecule has 0 saturated heterocycles. The highest BCUT2D eigenvalue weighted by atomic mass is 79.9. The van der Waals surface area contributed by atoms with Gasteiger partial charge in [0.2, 0.25) is 0 Å². The van der Waals surface area contributed by atoms with Gasteiger partial charge >= 0.3 is 0 Å². The fourth-order valence-corrected chi connectivity index (χ4v) is 3.37. The molecule has 106 valence electrons. The molecular formula is C14H11BrN4OS. The van der Waals surface area contributed by atoms with Gasteiger partial charge < -0.3 is 11.5 Å². The van der Waals surface area contributed by atoms with Crippen LogP contribution in [0.25, 0.3) is 21.6 Å². The smallest absolute Gasteiger partial charge is 0.260 e. The van der Waals surface area contributed by atoms with E-state index in [1.54, 1.807) is 0 Å². The Morgan fingerprint density at radius 2 is 1.90 bits per heavy atom. The summed E-state index contributed by atoms with van der Waals surface area (Å²) in [6.45, 7) is 1.85. The van der Waals surface area contributed by atoms with Crippen LogP contribution in [0, 0.1) is 6.92 Å². The predicted octanol–water partition coefficient (Wildman–Crippen LogP) is 3.11. The minimum Gasteiger partial charge on any atom is -0.397 e. The highest BCUT2D eigenvalue weighted by molar-refractivity contribution is 9.10. The fraction of sp³-hybridized carbons (Fsp3) is 0.0714. The number of nitrogens with zero attached hydrogens (tertiary/aromatic N) is 2. The molecule has 0 atom stereocenters. The molecule has 0 unspecified atom stereocenters. The first kappa shape index (κ1) is 14.0. The molecule has 4 N–H and O–H groups in total. The summed E-state index contributed by atoms with van der Waals surface area (Å²) in [6.07, 6.45) is 0. The Labute approximate surface area is 133 Å². The van der Waals surface area contributed by atoms with E-state index in [-0.39, 0.29) is 0 Å². The number of hydrogen-bond donors (Lipinski definition) is 2. The van der Waals surface area contributed by atoms with E-state index in [9.17, 15) is 4.79 Å². The highest BCUT2D eigenvalue weighted by Crippen LogP contribution is 2.35. The largest absolute Gasteiger partial charge is 0.397 e. The van der Waals surface area contributed by atoms with Crippen LogP contribution in [0.3, 0.4) is 0 Å². The quantitative estimate of drug-likeness (QED) is 0.731. The molecule has 3 rings (SSSR count). The van der Waals surface area contributed by atoms with Crippen LogP contribution in [-0.4, -0.2) is 15.9 Å². The molecular weight excluding hydrogens is 352 g/mol. The van der Waals surface area contributed by atoms with Gasteiger partial charge in [0.15, 0.2) is 5.82 Å². The molecule has 3 aromatic rings. The Morgan fingerprint density at radius 1 is 1.24 bits per heavy atom. The van der Waals surface area contributed by atoms with Crippen LogP contribution < -0.4 is 11.5 Å². The third-order valence-electron chi connectivity index (χ3n) is 3.10. The number of halogens is 1. The molecule has 2 aromatic heterocycles. The van der Waals surface area contributed by atoms with Crippen LogP contribution >= 0.6 is 27.3 Å². The molecule has 0 spiro atoms. The maximum absolute atomic E-state index is 11.4. The standard InChI is InChI=1S/C14H11BrN4OS/c1-6-9-10(16)11(12(17)20)21-14(9)19-13(18-6)7-2-4-8(15)5-3-7/h2-5H,16H2,1H3,(H2,17,20). The van der Waals surface area contributed by atoms with Crippen LogP contribution in [0.2, 0.25) is 0 Å². The Balaban J connectivity index is 2.23. The third kappa shape index (κ3) is 2.38. The number of thiophene rings is 1. The second-order valence-corrected chi connectivity index (χ2v) is 6.44. The molecule has 0 radical (unpaired) electrons. The van der Waals surface area contributed by atoms with Crippen molar-refractivity contribution in [3.05, 3.63) is 39.3 Å². The molecule has 1 aromatic carbocycles. The number of carbonyl (C=O) groups is 1. The summed E-state index contributed by atoms with van der Waals surface area (Å²) in [7, 11) is 0. The normalized spacial score (nSPS) is 11.0. The van der Waals surface area contributed by atoms with E-state index in [0.717, 1.165) is 15.7 Å². The van der Waals surface area contributed by atoms with Crippen molar-refractivity contribution >= 4 is 49.1 Å². The number of rotatable bonds is 2. The second-order valence-electron chi connectivity index (χ2n) is 4.53. The average Bonchev–Trinajstić information content (AvgIpc) is 2.77. The van der Waals surface area contributed by atoms with Crippen LogP contribution in [-0.2, 0) is 0 Å². The lowest BCUT2D eigenvalue weighted by Gasteiger charge is -2.03. The summed E-state index contributed by atoms with van der Waals surface area (Å²) in [5, 5.41) is 0.703. The third-order valence-corrected chi connectivity index (χ3v) is 4.74. The van der Waals surface area contributed by atoms with Crippen molar-refractivity contribution in [2.75, 3.05) is 5.73 Å². The Bertz CT molecular complexity index is 858. The van der Waals surface area contributed by atoms with Crippen molar-refractivity contribution in [2.45, 2.75) is 6.92 Å². The molecule has 1 amide bonds. The fourth-order valence-electron chi connectivity index (χ4n) is 2.11. The zero-order valence-corrected chi connectivity index (χ0v) is 13.5. The van der Waals surface area contributed by atoms with Crippen molar-refractivity contribution in [1.29, 1.82) is 0 Å². The first-order chi connectivity index (χ1) is 9.97. The van der Waals surface area contributed by atoms with Gasteiger partial charge in [-0.05, 0) is 19.1 Å². The lowest BCUT2D eigenvalue weighted by molar-refractivity contribution is 0.100. The van der Waals surface area contributed by atoms with Gasteiger partial charge in [0.1, 0.15) is 9.71 Å². The molecule has 5 nitrogen and oxygen atoms in total. The number of benzene rings is 1. The lowest BCUT2D eigenvalue weighted by Crippen LogP contribution is -2.10. The SMILES string of the molecule is Cc1nc(-c2ccc(Br)cc2)nc2sc(C(N)=O)c(N)c12. The number of aromatic nitrogens is 2. The van der Waals surface area contributed by atoms with E-state index >= 15 is 0 Å². The first-order valence-electron chi connectivity index (χ1n) is 6.09. The number of anilines is 1. The molecule has 0 fully saturated rings. The Morgan fingerprint density at radius 3 is 2.52 bits per heavy atom. The molecule has 2 heterocycles. The van der Waals surface area contributed by atoms with Crippen LogP contribution in [0.1, 0.15) is 15.4 Å². The van der Waals surface area contributed by atoms with Crippen LogP contribution in [0.5, 0.6) is 0 Å². The summed E-state index contributed by atoms with van der Waals surface area (Å²) >= 11 is 4.59. The van der Waals surface area contributed by atoms with Gasteiger partial charge in [0.05, 0.1) is 16.8 Å². The summed E-state index contributed by atoms with van der Waals surface area (Å²) < 4.78 is 0.987. The number of carbonyl (C=O) groups excluding carboxylic acids is 1. The zero-order valence-electron chi connectivity index (χ0n) is 11.1. The van der Waals surface area contributed by atoms with E-state index in [1.165, 1.54) is 11.3 Å². The van der Waals surface area contributed by atoms with E-state index in [2.05, 4.69) is 25.9 Å². The van der Waals surface area contributed by atoms with Crippen LogP contribution in [0.4, 0.5) is 5.69 Å². The second kappa shape index (κ2) is 5.09. The molecule has 0 aliphatic carbocycles. The van der Waals surface area contributed by atoms with Gasteiger partial charge in [0, 0.05) is 10.0 Å². The van der Waals surface area contributed by atoms with Crippen LogP contribution in [0.15, 0.2) is 28.7 Å². The number of aryl methyl sites for hydroxylation is 1. The van der Waals surface area contributed by atoms with Gasteiger partial charge in [0.25, 0.3) is 5.91 Å². The number of nitrogen functional groups attached to an aromatic ring is 1. The van der Waals surface area contributed by atoms with Crippen molar-refractivity contribution < 1.29 is 4.79 Å². The topological polar surface area (TPSA) is 94.9 Å². The van der Waals surface area contributed by atoms with E-state index in [0.29, 0.717) is 26.6 Å². The molecule has 21 heavy (non-hydrogen) atoms. The lowest BCUT2D eigenvalue weighted by atomic mass is 10.2.